The Bertz CT molecular complexity index is 464. The number of imidazole rings is 1. The molecule has 0 aliphatic carbocycles. The number of aromatic nitrogens is 4. The van der Waals surface area contributed by atoms with Gasteiger partial charge in [0.1, 0.15) is 11.8 Å². The predicted octanol–water partition coefficient (Wildman–Crippen LogP) is -1.04. The van der Waals surface area contributed by atoms with E-state index in [-0.39, 0.29) is 0 Å². The second-order valence-corrected chi connectivity index (χ2v) is 3.41. The number of hydrogen-bond donors (Lipinski definition) is 3. The van der Waals surface area contributed by atoms with Crippen LogP contribution in [0.3, 0.4) is 0 Å². The number of rotatable bonds is 5. The van der Waals surface area contributed by atoms with Crippen LogP contribution in [0.1, 0.15) is 0 Å². The number of nitrogens with one attached hydrogen (secondary N) is 1. The van der Waals surface area contributed by atoms with Crippen LogP contribution in [-0.2, 0) is 6.54 Å². The topological polar surface area (TPSA) is 108 Å². The molecule has 0 saturated carbocycles. The number of nitrogen functional groups attached to an aromatic ring is 1. The molecule has 0 radical (unpaired) electrons. The van der Waals surface area contributed by atoms with Crippen molar-refractivity contribution in [3.05, 3.63) is 12.7 Å². The average Bonchev–Trinajstić information content (AvgIpc) is 2.70. The molecule has 0 spiro atoms. The van der Waals surface area contributed by atoms with Gasteiger partial charge in [-0.3, -0.25) is 0 Å². The van der Waals surface area contributed by atoms with Crippen molar-refractivity contribution in [3.8, 4) is 0 Å². The first kappa shape index (κ1) is 10.8. The molecule has 0 aliphatic heterocycles. The van der Waals surface area contributed by atoms with Crippen molar-refractivity contribution >= 4 is 17.0 Å². The van der Waals surface area contributed by atoms with Gasteiger partial charge < -0.3 is 21.4 Å². The van der Waals surface area contributed by atoms with E-state index in [0.717, 1.165) is 25.3 Å². The standard InChI is InChI=1S/C9H15N7/c10-1-2-12-3-4-16-6-15-7-8(11)13-5-14-9(7)16/h5-6,12H,1-4,10H2,(H2,11,13,14). The summed E-state index contributed by atoms with van der Waals surface area (Å²) in [6.45, 7) is 3.06. The molecule has 0 unspecified atom stereocenters. The van der Waals surface area contributed by atoms with Crippen LogP contribution in [0.15, 0.2) is 12.7 Å². The maximum Gasteiger partial charge on any atom is 0.165 e. The van der Waals surface area contributed by atoms with E-state index in [1.807, 2.05) is 4.57 Å². The van der Waals surface area contributed by atoms with Gasteiger partial charge in [-0.1, -0.05) is 0 Å². The summed E-state index contributed by atoms with van der Waals surface area (Å²) in [6.07, 6.45) is 3.17. The van der Waals surface area contributed by atoms with Gasteiger partial charge in [0, 0.05) is 26.2 Å². The highest BCUT2D eigenvalue weighted by atomic mass is 15.1. The first-order valence-corrected chi connectivity index (χ1v) is 5.15. The lowest BCUT2D eigenvalue weighted by Gasteiger charge is -2.04. The van der Waals surface area contributed by atoms with Gasteiger partial charge in [-0.25, -0.2) is 15.0 Å². The summed E-state index contributed by atoms with van der Waals surface area (Å²) in [5, 5.41) is 3.20. The van der Waals surface area contributed by atoms with Gasteiger partial charge >= 0.3 is 0 Å². The number of nitrogens with zero attached hydrogens (tertiary/aromatic N) is 4. The molecule has 2 heterocycles. The van der Waals surface area contributed by atoms with Crippen molar-refractivity contribution in [1.29, 1.82) is 0 Å². The molecular formula is C9H15N7. The van der Waals surface area contributed by atoms with E-state index in [9.17, 15) is 0 Å². The number of hydrogen-bond acceptors (Lipinski definition) is 6. The van der Waals surface area contributed by atoms with Crippen molar-refractivity contribution in [2.45, 2.75) is 6.54 Å². The van der Waals surface area contributed by atoms with Gasteiger partial charge in [0.05, 0.1) is 6.33 Å². The van der Waals surface area contributed by atoms with Gasteiger partial charge in [-0.05, 0) is 0 Å². The van der Waals surface area contributed by atoms with Crippen LogP contribution < -0.4 is 16.8 Å². The first-order chi connectivity index (χ1) is 7.83. The van der Waals surface area contributed by atoms with Crippen LogP contribution in [0.5, 0.6) is 0 Å². The second-order valence-electron chi connectivity index (χ2n) is 3.41. The second kappa shape index (κ2) is 4.86. The van der Waals surface area contributed by atoms with E-state index in [0.29, 0.717) is 17.9 Å². The zero-order valence-electron chi connectivity index (χ0n) is 8.93. The highest BCUT2D eigenvalue weighted by Crippen LogP contribution is 2.13. The van der Waals surface area contributed by atoms with Crippen LogP contribution in [0.25, 0.3) is 11.2 Å². The first-order valence-electron chi connectivity index (χ1n) is 5.15. The lowest BCUT2D eigenvalue weighted by Crippen LogP contribution is -2.25. The van der Waals surface area contributed by atoms with Crippen molar-refractivity contribution in [2.75, 3.05) is 25.4 Å². The highest BCUT2D eigenvalue weighted by Gasteiger charge is 2.06. The van der Waals surface area contributed by atoms with Crippen LogP contribution in [0.4, 0.5) is 5.82 Å². The summed E-state index contributed by atoms with van der Waals surface area (Å²) >= 11 is 0. The monoisotopic (exact) mass is 221 g/mol. The summed E-state index contributed by atoms with van der Waals surface area (Å²) < 4.78 is 1.94. The predicted molar refractivity (Wildman–Crippen MR) is 61.7 cm³/mol. The minimum atomic E-state index is 0.415. The molecule has 0 amide bonds. The van der Waals surface area contributed by atoms with Crippen LogP contribution >= 0.6 is 0 Å². The van der Waals surface area contributed by atoms with Crippen molar-refractivity contribution < 1.29 is 0 Å². The quantitative estimate of drug-likeness (QED) is 0.556. The number of nitrogens with two attached hydrogens (primary N) is 2. The molecule has 0 saturated heterocycles. The molecule has 2 aromatic rings. The molecule has 7 nitrogen and oxygen atoms in total. The maximum absolute atomic E-state index is 5.69. The minimum Gasteiger partial charge on any atom is -0.382 e. The fourth-order valence-corrected chi connectivity index (χ4v) is 1.49. The summed E-state index contributed by atoms with van der Waals surface area (Å²) in [6, 6.07) is 0. The van der Waals surface area contributed by atoms with Crippen molar-refractivity contribution in [3.63, 3.8) is 0 Å². The van der Waals surface area contributed by atoms with E-state index in [1.54, 1.807) is 6.33 Å². The Hall–Kier alpha value is -1.73. The van der Waals surface area contributed by atoms with Gasteiger partial charge in [0.2, 0.25) is 0 Å². The SMILES string of the molecule is NCCNCCn1cnc2c(N)ncnc21. The summed E-state index contributed by atoms with van der Waals surface area (Å²) in [7, 11) is 0. The fourth-order valence-electron chi connectivity index (χ4n) is 1.49. The van der Waals surface area contributed by atoms with E-state index in [1.165, 1.54) is 6.33 Å². The lowest BCUT2D eigenvalue weighted by atomic mass is 10.5. The van der Waals surface area contributed by atoms with Gasteiger partial charge in [0.25, 0.3) is 0 Å². The zero-order chi connectivity index (χ0) is 11.4. The fraction of sp³-hybridized carbons (Fsp3) is 0.444. The molecule has 5 N–H and O–H groups in total. The van der Waals surface area contributed by atoms with E-state index >= 15 is 0 Å². The van der Waals surface area contributed by atoms with E-state index in [4.69, 9.17) is 11.5 Å². The third-order valence-corrected chi connectivity index (χ3v) is 2.28. The smallest absolute Gasteiger partial charge is 0.165 e. The summed E-state index contributed by atoms with van der Waals surface area (Å²) in [4.78, 5) is 12.2. The Kier molecular flexibility index (Phi) is 3.28. The Labute approximate surface area is 92.9 Å². The molecule has 2 aromatic heterocycles. The molecule has 7 heteroatoms. The van der Waals surface area contributed by atoms with Gasteiger partial charge in [-0.2, -0.15) is 0 Å². The lowest BCUT2D eigenvalue weighted by molar-refractivity contribution is 0.609. The third kappa shape index (κ3) is 2.10. The summed E-state index contributed by atoms with van der Waals surface area (Å²) in [5.74, 6) is 0.415. The minimum absolute atomic E-state index is 0.415. The number of fused-ring (bicyclic) bond motifs is 1. The van der Waals surface area contributed by atoms with Crippen LogP contribution in [0.2, 0.25) is 0 Å². The molecule has 0 aliphatic rings. The van der Waals surface area contributed by atoms with Crippen LogP contribution in [0, 0.1) is 0 Å². The molecule has 0 bridgehead atoms. The summed E-state index contributed by atoms with van der Waals surface area (Å²) in [5.41, 5.74) is 12.5. The zero-order valence-corrected chi connectivity index (χ0v) is 8.93. The Morgan fingerprint density at radius 2 is 2.12 bits per heavy atom. The number of anilines is 1. The Balaban J connectivity index is 2.10. The third-order valence-electron chi connectivity index (χ3n) is 2.28. The maximum atomic E-state index is 5.69. The normalized spacial score (nSPS) is 11.1. The van der Waals surface area contributed by atoms with Crippen LogP contribution in [-0.4, -0.2) is 39.2 Å². The molecule has 0 aromatic carbocycles. The Morgan fingerprint density at radius 1 is 1.25 bits per heavy atom. The van der Waals surface area contributed by atoms with Gasteiger partial charge in [-0.15, -0.1) is 0 Å². The highest BCUT2D eigenvalue weighted by molar-refractivity contribution is 5.80. The average molecular weight is 221 g/mol. The van der Waals surface area contributed by atoms with E-state index in [2.05, 4.69) is 20.3 Å². The van der Waals surface area contributed by atoms with Gasteiger partial charge in [0.15, 0.2) is 11.5 Å². The van der Waals surface area contributed by atoms with Crippen molar-refractivity contribution in [1.82, 2.24) is 24.8 Å². The van der Waals surface area contributed by atoms with Crippen molar-refractivity contribution in [2.24, 2.45) is 5.73 Å². The van der Waals surface area contributed by atoms with E-state index < -0.39 is 0 Å². The molecule has 0 fully saturated rings. The largest absolute Gasteiger partial charge is 0.382 e. The molecule has 2 rings (SSSR count). The molecular weight excluding hydrogens is 206 g/mol. The molecule has 0 atom stereocenters. The molecule has 86 valence electrons. The molecule has 16 heavy (non-hydrogen) atoms. The Morgan fingerprint density at radius 3 is 2.94 bits per heavy atom.